The molecule has 1 atom stereocenters. The molecule has 1 unspecified atom stereocenters. The Labute approximate surface area is 96.4 Å². The van der Waals surface area contributed by atoms with Crippen LogP contribution in [0, 0.1) is 6.92 Å². The predicted octanol–water partition coefficient (Wildman–Crippen LogP) is 3.07. The van der Waals surface area contributed by atoms with Gasteiger partial charge in [-0.3, -0.25) is 0 Å². The first-order valence-electron chi connectivity index (χ1n) is 5.25. The van der Waals surface area contributed by atoms with E-state index in [0.29, 0.717) is 6.61 Å². The van der Waals surface area contributed by atoms with Gasteiger partial charge in [0.15, 0.2) is 0 Å². The van der Waals surface area contributed by atoms with Gasteiger partial charge >= 0.3 is 0 Å². The van der Waals surface area contributed by atoms with Crippen LogP contribution in [0.25, 0.3) is 0 Å². The molecule has 0 saturated heterocycles. The lowest BCUT2D eigenvalue weighted by Crippen LogP contribution is -2.18. The van der Waals surface area contributed by atoms with E-state index in [2.05, 4.69) is 6.92 Å². The number of ether oxygens (including phenoxy) is 1. The van der Waals surface area contributed by atoms with Crippen LogP contribution in [0.1, 0.15) is 30.5 Å². The molecule has 0 aliphatic carbocycles. The molecular formula is C12H18ClNO. The van der Waals surface area contributed by atoms with Crippen molar-refractivity contribution in [2.24, 2.45) is 5.73 Å². The van der Waals surface area contributed by atoms with E-state index in [1.807, 2.05) is 25.1 Å². The molecule has 0 spiro atoms. The molecule has 84 valence electrons. The van der Waals surface area contributed by atoms with Gasteiger partial charge in [0.2, 0.25) is 0 Å². The third kappa shape index (κ3) is 3.49. The maximum atomic E-state index is 6.17. The van der Waals surface area contributed by atoms with Gasteiger partial charge in [0.05, 0.1) is 12.6 Å². The quantitative estimate of drug-likeness (QED) is 0.785. The summed E-state index contributed by atoms with van der Waals surface area (Å²) in [5.41, 5.74) is 8.02. The molecule has 2 nitrogen and oxygen atoms in total. The van der Waals surface area contributed by atoms with Crippen molar-refractivity contribution in [2.75, 3.05) is 13.2 Å². The molecule has 0 aromatic heterocycles. The molecule has 0 radical (unpaired) electrons. The molecule has 0 aliphatic rings. The lowest BCUT2D eigenvalue weighted by atomic mass is 10.1. The molecule has 0 aliphatic heterocycles. The van der Waals surface area contributed by atoms with Crippen LogP contribution in [0.5, 0.6) is 0 Å². The first-order valence-corrected chi connectivity index (χ1v) is 5.63. The summed E-state index contributed by atoms with van der Waals surface area (Å²) in [7, 11) is 0. The van der Waals surface area contributed by atoms with Crippen LogP contribution >= 0.6 is 11.6 Å². The van der Waals surface area contributed by atoms with Crippen LogP contribution in [0.3, 0.4) is 0 Å². The lowest BCUT2D eigenvalue weighted by molar-refractivity contribution is 0.121. The average Bonchev–Trinajstić information content (AvgIpc) is 2.22. The number of nitrogens with two attached hydrogens (primary N) is 1. The Morgan fingerprint density at radius 2 is 2.20 bits per heavy atom. The summed E-state index contributed by atoms with van der Waals surface area (Å²) in [5, 5.41) is 0.755. The predicted molar refractivity (Wildman–Crippen MR) is 64.2 cm³/mol. The highest BCUT2D eigenvalue weighted by molar-refractivity contribution is 6.32. The normalized spacial score (nSPS) is 12.8. The largest absolute Gasteiger partial charge is 0.379 e. The van der Waals surface area contributed by atoms with Gasteiger partial charge in [0, 0.05) is 11.6 Å². The van der Waals surface area contributed by atoms with E-state index in [-0.39, 0.29) is 6.04 Å². The van der Waals surface area contributed by atoms with E-state index in [9.17, 15) is 0 Å². The maximum absolute atomic E-state index is 6.17. The van der Waals surface area contributed by atoms with E-state index >= 15 is 0 Å². The summed E-state index contributed by atoms with van der Waals surface area (Å²) in [6.07, 6.45) is 1.01. The van der Waals surface area contributed by atoms with Crippen LogP contribution in [-0.4, -0.2) is 13.2 Å². The molecule has 0 saturated carbocycles. The summed E-state index contributed by atoms with van der Waals surface area (Å²) >= 11 is 6.17. The van der Waals surface area contributed by atoms with E-state index in [0.717, 1.165) is 29.2 Å². The van der Waals surface area contributed by atoms with E-state index < -0.39 is 0 Å². The minimum absolute atomic E-state index is 0.135. The molecule has 1 aromatic rings. The molecule has 1 rings (SSSR count). The fourth-order valence-electron chi connectivity index (χ4n) is 1.40. The average molecular weight is 228 g/mol. The van der Waals surface area contributed by atoms with Crippen molar-refractivity contribution in [1.82, 2.24) is 0 Å². The summed E-state index contributed by atoms with van der Waals surface area (Å²) in [4.78, 5) is 0. The number of hydrogen-bond donors (Lipinski definition) is 1. The highest BCUT2D eigenvalue weighted by Gasteiger charge is 2.11. The minimum atomic E-state index is -0.135. The third-order valence-electron chi connectivity index (χ3n) is 2.27. The van der Waals surface area contributed by atoms with E-state index in [1.54, 1.807) is 0 Å². The monoisotopic (exact) mass is 227 g/mol. The van der Waals surface area contributed by atoms with Crippen LogP contribution in [-0.2, 0) is 4.74 Å². The Balaban J connectivity index is 2.65. The molecule has 0 amide bonds. The second kappa shape index (κ2) is 6.11. The number of hydrogen-bond acceptors (Lipinski definition) is 2. The molecule has 15 heavy (non-hydrogen) atoms. The Kier molecular flexibility index (Phi) is 5.09. The van der Waals surface area contributed by atoms with Gasteiger partial charge < -0.3 is 10.5 Å². The molecule has 2 N–H and O–H groups in total. The molecule has 1 aromatic carbocycles. The second-order valence-electron chi connectivity index (χ2n) is 3.66. The zero-order chi connectivity index (χ0) is 11.3. The van der Waals surface area contributed by atoms with Crippen molar-refractivity contribution in [3.63, 3.8) is 0 Å². The van der Waals surface area contributed by atoms with Gasteiger partial charge in [-0.05, 0) is 24.5 Å². The van der Waals surface area contributed by atoms with Crippen molar-refractivity contribution in [3.8, 4) is 0 Å². The number of benzene rings is 1. The standard InChI is InChI=1S/C12H18ClNO/c1-3-7-15-8-11(14)10-6-4-5-9(2)12(10)13/h4-6,11H,3,7-8,14H2,1-2H3. The van der Waals surface area contributed by atoms with Gasteiger partial charge in [-0.1, -0.05) is 36.7 Å². The summed E-state index contributed by atoms with van der Waals surface area (Å²) in [6, 6.07) is 5.76. The summed E-state index contributed by atoms with van der Waals surface area (Å²) in [6.45, 7) is 5.32. The fraction of sp³-hybridized carbons (Fsp3) is 0.500. The van der Waals surface area contributed by atoms with Gasteiger partial charge in [-0.25, -0.2) is 0 Å². The summed E-state index contributed by atoms with van der Waals surface area (Å²) in [5.74, 6) is 0. The van der Waals surface area contributed by atoms with E-state index in [1.165, 1.54) is 0 Å². The van der Waals surface area contributed by atoms with Gasteiger partial charge in [-0.2, -0.15) is 0 Å². The maximum Gasteiger partial charge on any atom is 0.0659 e. The first-order chi connectivity index (χ1) is 7.16. The fourth-order valence-corrected chi connectivity index (χ4v) is 1.67. The number of rotatable bonds is 5. The Bertz CT molecular complexity index is 314. The number of halogens is 1. The SMILES string of the molecule is CCCOCC(N)c1cccc(C)c1Cl. The number of aryl methyl sites for hydroxylation is 1. The molecular weight excluding hydrogens is 210 g/mol. The molecule has 0 fully saturated rings. The van der Waals surface area contributed by atoms with Crippen LogP contribution in [0.4, 0.5) is 0 Å². The topological polar surface area (TPSA) is 35.2 Å². The van der Waals surface area contributed by atoms with Gasteiger partial charge in [0.25, 0.3) is 0 Å². The van der Waals surface area contributed by atoms with Gasteiger partial charge in [0.1, 0.15) is 0 Å². The van der Waals surface area contributed by atoms with Gasteiger partial charge in [-0.15, -0.1) is 0 Å². The van der Waals surface area contributed by atoms with Crippen molar-refractivity contribution in [1.29, 1.82) is 0 Å². The molecule has 0 heterocycles. The molecule has 0 bridgehead atoms. The minimum Gasteiger partial charge on any atom is -0.379 e. The smallest absolute Gasteiger partial charge is 0.0659 e. The zero-order valence-corrected chi connectivity index (χ0v) is 10.1. The Morgan fingerprint density at radius 3 is 2.87 bits per heavy atom. The van der Waals surface area contributed by atoms with Crippen molar-refractivity contribution < 1.29 is 4.74 Å². The van der Waals surface area contributed by atoms with E-state index in [4.69, 9.17) is 22.1 Å². The van der Waals surface area contributed by atoms with Crippen molar-refractivity contribution in [3.05, 3.63) is 34.3 Å². The highest BCUT2D eigenvalue weighted by Crippen LogP contribution is 2.24. The van der Waals surface area contributed by atoms with Crippen molar-refractivity contribution >= 4 is 11.6 Å². The zero-order valence-electron chi connectivity index (χ0n) is 9.29. The Hall–Kier alpha value is -0.570. The highest BCUT2D eigenvalue weighted by atomic mass is 35.5. The summed E-state index contributed by atoms with van der Waals surface area (Å²) < 4.78 is 5.41. The molecule has 3 heteroatoms. The second-order valence-corrected chi connectivity index (χ2v) is 4.04. The van der Waals surface area contributed by atoms with Crippen LogP contribution in [0.15, 0.2) is 18.2 Å². The Morgan fingerprint density at radius 1 is 1.47 bits per heavy atom. The van der Waals surface area contributed by atoms with Crippen molar-refractivity contribution in [2.45, 2.75) is 26.3 Å². The van der Waals surface area contributed by atoms with Crippen LogP contribution in [0.2, 0.25) is 5.02 Å². The van der Waals surface area contributed by atoms with Crippen LogP contribution < -0.4 is 5.73 Å². The first kappa shape index (κ1) is 12.5. The third-order valence-corrected chi connectivity index (χ3v) is 2.78. The lowest BCUT2D eigenvalue weighted by Gasteiger charge is -2.14.